The average molecular weight is 316 g/mol. The van der Waals surface area contributed by atoms with Gasteiger partial charge in [0.2, 0.25) is 0 Å². The second-order valence-corrected chi connectivity index (χ2v) is 6.72. The van der Waals surface area contributed by atoms with Crippen LogP contribution in [-0.2, 0) is 10.2 Å². The number of benzene rings is 2. The smallest absolute Gasteiger partial charge is 0.268 e. The van der Waals surface area contributed by atoms with Crippen LogP contribution in [0.15, 0.2) is 60.7 Å². The zero-order valence-electron chi connectivity index (χ0n) is 11.8. The number of carbonyl (C=O) groups excluding carboxylic acids is 1. The highest BCUT2D eigenvalue weighted by Crippen LogP contribution is 2.24. The molecule has 1 fully saturated rings. The summed E-state index contributed by atoms with van der Waals surface area (Å²) in [5.41, 5.74) is 0.650. The standard InChI is InChI=1S/C16H16N2O3S/c19-16(13-7-3-1-4-8-13)18(15-9-5-2-6-10-15)22(20,21)17-14-11-12-14/h1-10,14,17H,11-12H2. The molecule has 0 radical (unpaired) electrons. The van der Waals surface area contributed by atoms with Crippen molar-refractivity contribution in [2.45, 2.75) is 18.9 Å². The molecule has 0 atom stereocenters. The summed E-state index contributed by atoms with van der Waals surface area (Å²) in [6.45, 7) is 0. The molecule has 5 nitrogen and oxygen atoms in total. The first-order valence-corrected chi connectivity index (χ1v) is 8.49. The molecule has 0 spiro atoms. The molecule has 0 aliphatic heterocycles. The van der Waals surface area contributed by atoms with Crippen molar-refractivity contribution in [3.63, 3.8) is 0 Å². The molecule has 3 rings (SSSR count). The number of para-hydroxylation sites is 1. The van der Waals surface area contributed by atoms with Gasteiger partial charge in [-0.2, -0.15) is 17.4 Å². The maximum absolute atomic E-state index is 12.7. The summed E-state index contributed by atoms with van der Waals surface area (Å²) < 4.78 is 28.6. The fraction of sp³-hybridized carbons (Fsp3) is 0.188. The van der Waals surface area contributed by atoms with E-state index in [4.69, 9.17) is 0 Å². The van der Waals surface area contributed by atoms with E-state index in [9.17, 15) is 13.2 Å². The fourth-order valence-electron chi connectivity index (χ4n) is 2.09. The predicted molar refractivity (Wildman–Crippen MR) is 84.8 cm³/mol. The molecule has 1 aliphatic rings. The van der Waals surface area contributed by atoms with Gasteiger partial charge < -0.3 is 0 Å². The third kappa shape index (κ3) is 3.18. The van der Waals surface area contributed by atoms with Crippen LogP contribution in [0.1, 0.15) is 23.2 Å². The maximum Gasteiger partial charge on any atom is 0.308 e. The first kappa shape index (κ1) is 14.7. The molecule has 1 saturated carbocycles. The molecule has 1 aliphatic carbocycles. The molecule has 0 heterocycles. The highest BCUT2D eigenvalue weighted by molar-refractivity contribution is 7.91. The van der Waals surface area contributed by atoms with Gasteiger partial charge in [-0.05, 0) is 37.1 Å². The number of rotatable bonds is 5. The van der Waals surface area contributed by atoms with Crippen LogP contribution in [-0.4, -0.2) is 20.4 Å². The van der Waals surface area contributed by atoms with Crippen molar-refractivity contribution in [1.82, 2.24) is 4.72 Å². The van der Waals surface area contributed by atoms with Gasteiger partial charge in [0, 0.05) is 11.6 Å². The predicted octanol–water partition coefficient (Wildman–Crippen LogP) is 2.33. The lowest BCUT2D eigenvalue weighted by atomic mass is 10.2. The zero-order chi connectivity index (χ0) is 15.6. The average Bonchev–Trinajstić information content (AvgIpc) is 3.32. The number of hydrogen-bond acceptors (Lipinski definition) is 3. The minimum Gasteiger partial charge on any atom is -0.268 e. The van der Waals surface area contributed by atoms with Crippen LogP contribution in [0.3, 0.4) is 0 Å². The van der Waals surface area contributed by atoms with E-state index in [0.717, 1.165) is 17.1 Å². The Balaban J connectivity index is 2.01. The van der Waals surface area contributed by atoms with Gasteiger partial charge in [0.05, 0.1) is 5.69 Å². The molecule has 22 heavy (non-hydrogen) atoms. The lowest BCUT2D eigenvalue weighted by Crippen LogP contribution is -2.45. The van der Waals surface area contributed by atoms with Crippen LogP contribution < -0.4 is 9.03 Å². The fourth-order valence-corrected chi connectivity index (χ4v) is 3.58. The molecule has 114 valence electrons. The van der Waals surface area contributed by atoms with E-state index in [0.29, 0.717) is 11.3 Å². The number of amides is 1. The molecule has 6 heteroatoms. The number of nitrogens with zero attached hydrogens (tertiary/aromatic N) is 1. The quantitative estimate of drug-likeness (QED) is 0.920. The van der Waals surface area contributed by atoms with Crippen LogP contribution in [0.4, 0.5) is 5.69 Å². The second kappa shape index (κ2) is 5.90. The summed E-state index contributed by atoms with van der Waals surface area (Å²) in [6, 6.07) is 16.7. The lowest BCUT2D eigenvalue weighted by Gasteiger charge is -2.22. The first-order chi connectivity index (χ1) is 10.6. The Kier molecular flexibility index (Phi) is 3.96. The van der Waals surface area contributed by atoms with Gasteiger partial charge in [-0.3, -0.25) is 4.79 Å². The van der Waals surface area contributed by atoms with E-state index < -0.39 is 16.1 Å². The van der Waals surface area contributed by atoms with Crippen molar-refractivity contribution in [2.75, 3.05) is 4.31 Å². The van der Waals surface area contributed by atoms with Gasteiger partial charge in [0.1, 0.15) is 0 Å². The summed E-state index contributed by atoms with van der Waals surface area (Å²) in [4.78, 5) is 12.7. The van der Waals surface area contributed by atoms with Crippen LogP contribution in [0.5, 0.6) is 0 Å². The van der Waals surface area contributed by atoms with Gasteiger partial charge in [0.25, 0.3) is 5.91 Å². The largest absolute Gasteiger partial charge is 0.308 e. The molecule has 0 aromatic heterocycles. The van der Waals surface area contributed by atoms with Crippen molar-refractivity contribution in [1.29, 1.82) is 0 Å². The van der Waals surface area contributed by atoms with E-state index in [1.54, 1.807) is 60.7 Å². The monoisotopic (exact) mass is 316 g/mol. The van der Waals surface area contributed by atoms with E-state index in [1.165, 1.54) is 0 Å². The van der Waals surface area contributed by atoms with Crippen LogP contribution in [0.25, 0.3) is 0 Å². The van der Waals surface area contributed by atoms with Crippen LogP contribution in [0, 0.1) is 0 Å². The van der Waals surface area contributed by atoms with Crippen molar-refractivity contribution in [3.8, 4) is 0 Å². The van der Waals surface area contributed by atoms with Gasteiger partial charge in [0.15, 0.2) is 0 Å². The third-order valence-corrected chi connectivity index (χ3v) is 4.82. The SMILES string of the molecule is O=C(c1ccccc1)N(c1ccccc1)S(=O)(=O)NC1CC1. The van der Waals surface area contributed by atoms with Crippen LogP contribution in [0.2, 0.25) is 0 Å². The Hall–Kier alpha value is -2.18. The maximum atomic E-state index is 12.7. The van der Waals surface area contributed by atoms with Crippen molar-refractivity contribution < 1.29 is 13.2 Å². The lowest BCUT2D eigenvalue weighted by molar-refractivity contribution is 0.100. The van der Waals surface area contributed by atoms with Gasteiger partial charge in [-0.25, -0.2) is 0 Å². The Morgan fingerprint density at radius 2 is 1.50 bits per heavy atom. The summed E-state index contributed by atoms with van der Waals surface area (Å²) in [6.07, 6.45) is 1.61. The van der Waals surface area contributed by atoms with Gasteiger partial charge >= 0.3 is 10.2 Å². The van der Waals surface area contributed by atoms with E-state index in [-0.39, 0.29) is 6.04 Å². The number of hydrogen-bond donors (Lipinski definition) is 1. The van der Waals surface area contributed by atoms with Gasteiger partial charge in [-0.1, -0.05) is 36.4 Å². The number of anilines is 1. The molecule has 1 N–H and O–H groups in total. The topological polar surface area (TPSA) is 66.5 Å². The summed E-state index contributed by atoms with van der Waals surface area (Å²) in [5, 5.41) is 0. The van der Waals surface area contributed by atoms with Gasteiger partial charge in [-0.15, -0.1) is 0 Å². The molecule has 0 unspecified atom stereocenters. The van der Waals surface area contributed by atoms with E-state index in [2.05, 4.69) is 4.72 Å². The minimum atomic E-state index is -3.93. The number of nitrogens with one attached hydrogen (secondary N) is 1. The molecular formula is C16H16N2O3S. The summed E-state index contributed by atoms with van der Waals surface area (Å²) in [7, 11) is -3.93. The Labute approximate surface area is 129 Å². The zero-order valence-corrected chi connectivity index (χ0v) is 12.7. The normalized spacial score (nSPS) is 14.5. The second-order valence-electron chi connectivity index (χ2n) is 5.17. The Bertz CT molecular complexity index is 756. The molecule has 2 aromatic rings. The number of carbonyl (C=O) groups is 1. The molecule has 0 bridgehead atoms. The van der Waals surface area contributed by atoms with Crippen molar-refractivity contribution >= 4 is 21.8 Å². The minimum absolute atomic E-state index is 0.0696. The first-order valence-electron chi connectivity index (χ1n) is 7.05. The highest BCUT2D eigenvalue weighted by Gasteiger charge is 2.35. The molecule has 1 amide bonds. The van der Waals surface area contributed by atoms with Crippen LogP contribution >= 0.6 is 0 Å². The molecule has 0 saturated heterocycles. The highest BCUT2D eigenvalue weighted by atomic mass is 32.2. The summed E-state index contributed by atoms with van der Waals surface area (Å²) in [5.74, 6) is -0.569. The van der Waals surface area contributed by atoms with E-state index in [1.807, 2.05) is 0 Å². The Morgan fingerprint density at radius 1 is 0.955 bits per heavy atom. The third-order valence-electron chi connectivity index (χ3n) is 3.33. The van der Waals surface area contributed by atoms with E-state index >= 15 is 0 Å². The Morgan fingerprint density at radius 3 is 2.05 bits per heavy atom. The summed E-state index contributed by atoms with van der Waals surface area (Å²) >= 11 is 0. The molecule has 2 aromatic carbocycles. The van der Waals surface area contributed by atoms with Crippen molar-refractivity contribution in [2.24, 2.45) is 0 Å². The van der Waals surface area contributed by atoms with Crippen molar-refractivity contribution in [3.05, 3.63) is 66.2 Å². The molecular weight excluding hydrogens is 300 g/mol.